The number of amides is 1. The van der Waals surface area contributed by atoms with Crippen molar-refractivity contribution in [1.29, 1.82) is 0 Å². The largest absolute Gasteiger partial charge is 0.310 e. The number of nitrogens with zero attached hydrogens (tertiary/aromatic N) is 2. The Morgan fingerprint density at radius 2 is 1.86 bits per heavy atom. The number of para-hydroxylation sites is 1. The highest BCUT2D eigenvalue weighted by atomic mass is 32.2. The molecule has 1 amide bonds. The molecule has 29 heavy (non-hydrogen) atoms. The Labute approximate surface area is 179 Å². The summed E-state index contributed by atoms with van der Waals surface area (Å²) in [6.45, 7) is 5.26. The monoisotopic (exact) mass is 446 g/mol. The van der Waals surface area contributed by atoms with Crippen LogP contribution < -0.4 is 9.21 Å². The van der Waals surface area contributed by atoms with Crippen molar-refractivity contribution in [3.63, 3.8) is 0 Å². The molecule has 0 aromatic heterocycles. The van der Waals surface area contributed by atoms with Crippen LogP contribution in [0.5, 0.6) is 0 Å². The highest BCUT2D eigenvalue weighted by molar-refractivity contribution is 8.00. The lowest BCUT2D eigenvalue weighted by molar-refractivity contribution is -0.117. The molecule has 152 valence electrons. The number of hydrogen-bond donors (Lipinski definition) is 0. The van der Waals surface area contributed by atoms with Crippen LogP contribution >= 0.6 is 23.5 Å². The van der Waals surface area contributed by atoms with E-state index in [-0.39, 0.29) is 22.5 Å². The molecule has 0 spiro atoms. The van der Waals surface area contributed by atoms with Gasteiger partial charge in [0.15, 0.2) is 0 Å². The minimum absolute atomic E-state index is 0.00270. The molecule has 5 rings (SSSR count). The molecule has 5 nitrogen and oxygen atoms in total. The van der Waals surface area contributed by atoms with Gasteiger partial charge >= 0.3 is 0 Å². The molecule has 3 heterocycles. The van der Waals surface area contributed by atoms with Gasteiger partial charge in [0.25, 0.3) is 10.0 Å². The lowest BCUT2D eigenvalue weighted by Gasteiger charge is -2.35. The summed E-state index contributed by atoms with van der Waals surface area (Å²) in [6.07, 6.45) is 1.05. The topological polar surface area (TPSA) is 57.7 Å². The van der Waals surface area contributed by atoms with Crippen molar-refractivity contribution in [2.24, 2.45) is 0 Å². The maximum atomic E-state index is 13.8. The number of anilines is 2. The van der Waals surface area contributed by atoms with E-state index < -0.39 is 10.0 Å². The number of hydrogen-bond acceptors (Lipinski definition) is 5. The van der Waals surface area contributed by atoms with Gasteiger partial charge in [0.05, 0.1) is 22.7 Å². The molecule has 0 unspecified atom stereocenters. The number of carbonyl (C=O) groups is 1. The summed E-state index contributed by atoms with van der Waals surface area (Å²) in [5.74, 6) is -0.00270. The van der Waals surface area contributed by atoms with Crippen molar-refractivity contribution in [3.05, 3.63) is 42.0 Å². The smallest absolute Gasteiger partial charge is 0.264 e. The first-order valence-corrected chi connectivity index (χ1v) is 13.0. The van der Waals surface area contributed by atoms with Crippen molar-refractivity contribution < 1.29 is 13.2 Å². The molecule has 2 atom stereocenters. The molecule has 2 aromatic carbocycles. The summed E-state index contributed by atoms with van der Waals surface area (Å²) in [5.41, 5.74) is 2.21. The molecule has 0 saturated heterocycles. The Balaban J connectivity index is 1.65. The van der Waals surface area contributed by atoms with E-state index in [1.165, 1.54) is 0 Å². The van der Waals surface area contributed by atoms with Gasteiger partial charge in [0.2, 0.25) is 5.91 Å². The minimum atomic E-state index is -3.77. The zero-order valence-corrected chi connectivity index (χ0v) is 18.7. The summed E-state index contributed by atoms with van der Waals surface area (Å²) < 4.78 is 29.2. The van der Waals surface area contributed by atoms with E-state index >= 15 is 0 Å². The van der Waals surface area contributed by atoms with E-state index in [1.54, 1.807) is 38.8 Å². The molecule has 0 aliphatic carbocycles. The highest BCUT2D eigenvalue weighted by Gasteiger charge is 2.41. The first kappa shape index (κ1) is 19.3. The van der Waals surface area contributed by atoms with Crippen LogP contribution in [0.25, 0.3) is 0 Å². The van der Waals surface area contributed by atoms with Gasteiger partial charge < -0.3 is 4.90 Å². The molecule has 0 N–H and O–H groups in total. The van der Waals surface area contributed by atoms with E-state index in [0.717, 1.165) is 27.6 Å². The third kappa shape index (κ3) is 2.99. The lowest BCUT2D eigenvalue weighted by Crippen LogP contribution is -2.39. The maximum Gasteiger partial charge on any atom is 0.264 e. The van der Waals surface area contributed by atoms with E-state index in [1.807, 2.05) is 30.3 Å². The van der Waals surface area contributed by atoms with Crippen molar-refractivity contribution in [1.82, 2.24) is 0 Å². The number of rotatable bonds is 3. The summed E-state index contributed by atoms with van der Waals surface area (Å²) in [7, 11) is -3.77. The van der Waals surface area contributed by atoms with Gasteiger partial charge in [-0.1, -0.05) is 26.0 Å². The lowest BCUT2D eigenvalue weighted by atomic mass is 10.1. The van der Waals surface area contributed by atoms with Crippen molar-refractivity contribution >= 4 is 50.8 Å². The van der Waals surface area contributed by atoms with Gasteiger partial charge in [-0.3, -0.25) is 9.10 Å². The molecule has 3 aliphatic rings. The Morgan fingerprint density at radius 1 is 1.07 bits per heavy atom. The average Bonchev–Trinajstić information content (AvgIpc) is 3.04. The van der Waals surface area contributed by atoms with Gasteiger partial charge in [-0.25, -0.2) is 8.42 Å². The van der Waals surface area contributed by atoms with Crippen LogP contribution in [-0.2, 0) is 21.2 Å². The number of thioether (sulfide) groups is 2. The fraction of sp³-hybridized carbons (Fsp3) is 0.381. The molecule has 3 aliphatic heterocycles. The molecule has 8 heteroatoms. The molecule has 0 radical (unpaired) electrons. The van der Waals surface area contributed by atoms with Crippen LogP contribution in [0, 0.1) is 0 Å². The molecular weight excluding hydrogens is 424 g/mol. The summed E-state index contributed by atoms with van der Waals surface area (Å²) in [4.78, 5) is 16.7. The molecular formula is C21H22N2O3S3. The van der Waals surface area contributed by atoms with Crippen LogP contribution in [0.1, 0.15) is 25.8 Å². The molecule has 0 fully saturated rings. The SMILES string of the molecule is CC[C@H]1CN(S(=O)(=O)c2ccc3c4c2CC(=O)N4C[C@H](C)S3)c2ccccc2S1. The van der Waals surface area contributed by atoms with Crippen LogP contribution in [0.15, 0.2) is 51.1 Å². The van der Waals surface area contributed by atoms with Gasteiger partial charge in [0, 0.05) is 38.9 Å². The number of carbonyl (C=O) groups excluding carboxylic acids is 1. The molecule has 2 aromatic rings. The quantitative estimate of drug-likeness (QED) is 0.709. The number of fused-ring (bicyclic) bond motifs is 1. The minimum Gasteiger partial charge on any atom is -0.310 e. The fourth-order valence-electron chi connectivity index (χ4n) is 4.30. The third-order valence-corrected chi connectivity index (χ3v) is 10.1. The van der Waals surface area contributed by atoms with Crippen molar-refractivity contribution in [2.45, 2.75) is 51.9 Å². The van der Waals surface area contributed by atoms with Crippen LogP contribution in [0.3, 0.4) is 0 Å². The van der Waals surface area contributed by atoms with Gasteiger partial charge in [0.1, 0.15) is 0 Å². The first-order valence-electron chi connectivity index (χ1n) is 9.81. The molecule has 0 bridgehead atoms. The van der Waals surface area contributed by atoms with E-state index in [2.05, 4.69) is 13.8 Å². The van der Waals surface area contributed by atoms with E-state index in [9.17, 15) is 13.2 Å². The third-order valence-electron chi connectivity index (χ3n) is 5.69. The zero-order valence-electron chi connectivity index (χ0n) is 16.3. The first-order chi connectivity index (χ1) is 13.9. The van der Waals surface area contributed by atoms with Crippen LogP contribution in [0.2, 0.25) is 0 Å². The van der Waals surface area contributed by atoms with E-state index in [0.29, 0.717) is 23.9 Å². The fourth-order valence-corrected chi connectivity index (χ4v) is 8.56. The number of benzene rings is 2. The van der Waals surface area contributed by atoms with Crippen LogP contribution in [0.4, 0.5) is 11.4 Å². The normalized spacial score (nSPS) is 23.2. The Kier molecular flexibility index (Phi) is 4.64. The van der Waals surface area contributed by atoms with Gasteiger partial charge in [-0.15, -0.1) is 23.5 Å². The predicted octanol–water partition coefficient (Wildman–Crippen LogP) is 4.15. The summed E-state index contributed by atoms with van der Waals surface area (Å²) in [5, 5.41) is 0.511. The Morgan fingerprint density at radius 3 is 2.66 bits per heavy atom. The summed E-state index contributed by atoms with van der Waals surface area (Å²) >= 11 is 3.46. The molecule has 0 saturated carbocycles. The predicted molar refractivity (Wildman–Crippen MR) is 119 cm³/mol. The number of sulfonamides is 1. The summed E-state index contributed by atoms with van der Waals surface area (Å²) in [6, 6.07) is 11.3. The maximum absolute atomic E-state index is 13.8. The zero-order chi connectivity index (χ0) is 20.3. The second kappa shape index (κ2) is 6.96. The van der Waals surface area contributed by atoms with Crippen molar-refractivity contribution in [3.8, 4) is 0 Å². The highest BCUT2D eigenvalue weighted by Crippen LogP contribution is 2.48. The Bertz CT molecular complexity index is 1120. The average molecular weight is 447 g/mol. The van der Waals surface area contributed by atoms with E-state index in [4.69, 9.17) is 0 Å². The van der Waals surface area contributed by atoms with Gasteiger partial charge in [-0.2, -0.15) is 0 Å². The van der Waals surface area contributed by atoms with Crippen LogP contribution in [-0.4, -0.2) is 37.9 Å². The second-order valence-corrected chi connectivity index (χ2v) is 12.3. The Hall–Kier alpha value is -1.64. The standard InChI is InChI=1S/C21H22N2O3S3/c1-3-14-12-23(16-6-4-5-7-17(16)28-14)29(25,26)19-9-8-18-21-15(19)10-20(24)22(21)11-13(2)27-18/h4-9,13-14H,3,10-12H2,1-2H3/t13-,14-/m0/s1. The van der Waals surface area contributed by atoms with Crippen molar-refractivity contribution in [2.75, 3.05) is 22.3 Å². The van der Waals surface area contributed by atoms with Gasteiger partial charge in [-0.05, 0) is 30.7 Å². The second-order valence-electron chi connectivity index (χ2n) is 7.65.